The van der Waals surface area contributed by atoms with E-state index in [-0.39, 0.29) is 18.0 Å². The van der Waals surface area contributed by atoms with Crippen molar-refractivity contribution in [3.05, 3.63) is 23.8 Å². The molecule has 0 aromatic rings. The number of hydrogen-bond acceptors (Lipinski definition) is 3. The maximum absolute atomic E-state index is 11.1. The second-order valence-electron chi connectivity index (χ2n) is 3.08. The van der Waals surface area contributed by atoms with E-state index in [0.29, 0.717) is 6.61 Å². The molecule has 3 heteroatoms. The van der Waals surface area contributed by atoms with Crippen LogP contribution in [0.15, 0.2) is 23.8 Å². The Morgan fingerprint density at radius 3 is 2.36 bits per heavy atom. The number of ether oxygens (including phenoxy) is 1. The zero-order chi connectivity index (χ0) is 11.0. The van der Waals surface area contributed by atoms with Gasteiger partial charge in [-0.15, -0.1) is 0 Å². The van der Waals surface area contributed by atoms with Crippen molar-refractivity contribution < 1.29 is 14.3 Å². The van der Waals surface area contributed by atoms with Crippen molar-refractivity contribution in [3.63, 3.8) is 0 Å². The number of carbonyl (C=O) groups excluding carboxylic acids is 2. The van der Waals surface area contributed by atoms with E-state index in [1.807, 2.05) is 13.0 Å². The number of rotatable bonds is 6. The molecule has 0 N–H and O–H groups in total. The third-order valence-corrected chi connectivity index (χ3v) is 1.53. The zero-order valence-corrected chi connectivity index (χ0v) is 8.87. The predicted octanol–water partition coefficient (Wildman–Crippen LogP) is 1.68. The van der Waals surface area contributed by atoms with Crippen LogP contribution in [0.5, 0.6) is 0 Å². The summed E-state index contributed by atoms with van der Waals surface area (Å²) in [5.41, 5.74) is 0.948. The summed E-state index contributed by atoms with van der Waals surface area (Å²) in [7, 11) is 1.61. The Morgan fingerprint density at radius 2 is 1.86 bits per heavy atom. The fraction of sp³-hybridized carbons (Fsp3) is 0.455. The van der Waals surface area contributed by atoms with Gasteiger partial charge in [-0.25, -0.2) is 0 Å². The van der Waals surface area contributed by atoms with Crippen molar-refractivity contribution in [2.75, 3.05) is 13.7 Å². The van der Waals surface area contributed by atoms with E-state index in [1.54, 1.807) is 13.2 Å². The third-order valence-electron chi connectivity index (χ3n) is 1.53. The molecular formula is C11H16O3. The van der Waals surface area contributed by atoms with Crippen molar-refractivity contribution in [2.45, 2.75) is 20.3 Å². The summed E-state index contributed by atoms with van der Waals surface area (Å²) in [4.78, 5) is 21.6. The maximum atomic E-state index is 11.1. The van der Waals surface area contributed by atoms with Gasteiger partial charge in [0.25, 0.3) is 0 Å². The van der Waals surface area contributed by atoms with Crippen molar-refractivity contribution in [1.29, 1.82) is 0 Å². The monoisotopic (exact) mass is 196 g/mol. The molecule has 0 atom stereocenters. The van der Waals surface area contributed by atoms with E-state index in [9.17, 15) is 9.59 Å². The second-order valence-corrected chi connectivity index (χ2v) is 3.08. The Balaban J connectivity index is 4.03. The van der Waals surface area contributed by atoms with Crippen LogP contribution in [0.1, 0.15) is 20.3 Å². The first-order valence-corrected chi connectivity index (χ1v) is 4.42. The average Bonchev–Trinajstić information content (AvgIpc) is 2.10. The van der Waals surface area contributed by atoms with Gasteiger partial charge in [-0.1, -0.05) is 17.7 Å². The van der Waals surface area contributed by atoms with Crippen LogP contribution in [0, 0.1) is 0 Å². The molecule has 0 radical (unpaired) electrons. The molecule has 0 aromatic heterocycles. The molecule has 0 amide bonds. The topological polar surface area (TPSA) is 43.4 Å². The van der Waals surface area contributed by atoms with Crippen LogP contribution in [0.25, 0.3) is 0 Å². The molecule has 78 valence electrons. The molecule has 0 fully saturated rings. The van der Waals surface area contributed by atoms with Gasteiger partial charge in [0.2, 0.25) is 0 Å². The number of methoxy groups -OCH3 is 1. The summed E-state index contributed by atoms with van der Waals surface area (Å²) < 4.78 is 4.83. The first-order chi connectivity index (χ1) is 6.56. The normalized spacial score (nSPS) is 12.1. The van der Waals surface area contributed by atoms with E-state index >= 15 is 0 Å². The minimum atomic E-state index is -0.164. The highest BCUT2D eigenvalue weighted by Crippen LogP contribution is 1.96. The molecule has 0 rings (SSSR count). The van der Waals surface area contributed by atoms with Crippen LogP contribution in [-0.4, -0.2) is 25.3 Å². The van der Waals surface area contributed by atoms with Crippen molar-refractivity contribution in [2.24, 2.45) is 0 Å². The van der Waals surface area contributed by atoms with Crippen LogP contribution < -0.4 is 0 Å². The number of hydrogen-bond donors (Lipinski definition) is 0. The highest BCUT2D eigenvalue weighted by Gasteiger charge is 1.99. The van der Waals surface area contributed by atoms with Crippen molar-refractivity contribution in [3.8, 4) is 0 Å². The Labute approximate surface area is 84.4 Å². The van der Waals surface area contributed by atoms with Crippen LogP contribution >= 0.6 is 0 Å². The third kappa shape index (κ3) is 7.43. The zero-order valence-electron chi connectivity index (χ0n) is 8.87. The number of carbonyl (C=O) groups is 2. The van der Waals surface area contributed by atoms with Crippen LogP contribution in [-0.2, 0) is 14.3 Å². The minimum Gasteiger partial charge on any atom is -0.381 e. The quantitative estimate of drug-likeness (QED) is 0.369. The summed E-state index contributed by atoms with van der Waals surface area (Å²) in [5.74, 6) is -0.277. The molecule has 0 aromatic carbocycles. The molecule has 3 nitrogen and oxygen atoms in total. The fourth-order valence-corrected chi connectivity index (χ4v) is 0.811. The molecular weight excluding hydrogens is 180 g/mol. The largest absolute Gasteiger partial charge is 0.381 e. The van der Waals surface area contributed by atoms with Gasteiger partial charge in [-0.05, 0) is 19.9 Å². The smallest absolute Gasteiger partial charge is 0.163 e. The average molecular weight is 196 g/mol. The summed E-state index contributed by atoms with van der Waals surface area (Å²) in [6, 6.07) is 0. The van der Waals surface area contributed by atoms with Gasteiger partial charge < -0.3 is 4.74 Å². The number of Topliss-reactive ketones (excluding diaryl/α,β-unsaturated/α-hetero) is 1. The van der Waals surface area contributed by atoms with Gasteiger partial charge in [0.05, 0.1) is 13.0 Å². The first kappa shape index (κ1) is 12.8. The molecule has 0 saturated carbocycles. The molecule has 0 aliphatic carbocycles. The summed E-state index contributed by atoms with van der Waals surface area (Å²) in [6.07, 6.45) is 4.94. The lowest BCUT2D eigenvalue weighted by atomic mass is 10.2. The molecule has 0 spiro atoms. The lowest BCUT2D eigenvalue weighted by molar-refractivity contribution is -0.123. The Kier molecular flexibility index (Phi) is 6.58. The Morgan fingerprint density at radius 1 is 1.21 bits per heavy atom. The first-order valence-electron chi connectivity index (χ1n) is 4.42. The lowest BCUT2D eigenvalue weighted by Gasteiger charge is -1.92. The Hall–Kier alpha value is -1.22. The van der Waals surface area contributed by atoms with Crippen molar-refractivity contribution in [1.82, 2.24) is 0 Å². The van der Waals surface area contributed by atoms with Gasteiger partial charge in [-0.2, -0.15) is 0 Å². The van der Waals surface area contributed by atoms with E-state index < -0.39 is 0 Å². The van der Waals surface area contributed by atoms with Crippen LogP contribution in [0.2, 0.25) is 0 Å². The Bertz CT molecular complexity index is 262. The standard InChI is InChI=1S/C11H16O3/c1-9(6-7-14-3)4-5-11(13)8-10(2)12/h4-6H,7-8H2,1-3H3/b5-4+,9-6?. The second kappa shape index (κ2) is 7.21. The van der Waals surface area contributed by atoms with E-state index in [1.165, 1.54) is 13.0 Å². The van der Waals surface area contributed by atoms with E-state index in [0.717, 1.165) is 5.57 Å². The summed E-state index contributed by atoms with van der Waals surface area (Å²) in [6.45, 7) is 3.80. The minimum absolute atomic E-state index is 0.0198. The molecule has 0 unspecified atom stereocenters. The molecule has 0 bridgehead atoms. The summed E-state index contributed by atoms with van der Waals surface area (Å²) in [5, 5.41) is 0. The number of allylic oxidation sites excluding steroid dienone is 3. The molecule has 0 aliphatic rings. The predicted molar refractivity (Wildman–Crippen MR) is 55.1 cm³/mol. The molecule has 0 heterocycles. The molecule has 14 heavy (non-hydrogen) atoms. The van der Waals surface area contributed by atoms with Gasteiger partial charge >= 0.3 is 0 Å². The fourth-order valence-electron chi connectivity index (χ4n) is 0.811. The molecule has 0 saturated heterocycles. The SMILES string of the molecule is COCC=C(C)/C=C/C(=O)CC(C)=O. The van der Waals surface area contributed by atoms with E-state index in [2.05, 4.69) is 0 Å². The number of ketones is 2. The van der Waals surface area contributed by atoms with Crippen LogP contribution in [0.3, 0.4) is 0 Å². The van der Waals surface area contributed by atoms with Gasteiger partial charge in [0.1, 0.15) is 5.78 Å². The highest BCUT2D eigenvalue weighted by atomic mass is 16.5. The molecule has 0 aliphatic heterocycles. The lowest BCUT2D eigenvalue weighted by Crippen LogP contribution is -2.00. The van der Waals surface area contributed by atoms with Gasteiger partial charge in [-0.3, -0.25) is 9.59 Å². The summed E-state index contributed by atoms with van der Waals surface area (Å²) >= 11 is 0. The van der Waals surface area contributed by atoms with Gasteiger partial charge in [0.15, 0.2) is 5.78 Å². The van der Waals surface area contributed by atoms with Crippen molar-refractivity contribution >= 4 is 11.6 Å². The highest BCUT2D eigenvalue weighted by molar-refractivity contribution is 6.03. The van der Waals surface area contributed by atoms with Gasteiger partial charge in [0, 0.05) is 7.11 Å². The van der Waals surface area contributed by atoms with E-state index in [4.69, 9.17) is 4.74 Å². The van der Waals surface area contributed by atoms with Crippen LogP contribution in [0.4, 0.5) is 0 Å². The maximum Gasteiger partial charge on any atom is 0.163 e.